The van der Waals surface area contributed by atoms with Gasteiger partial charge in [0.25, 0.3) is 0 Å². The van der Waals surface area contributed by atoms with Crippen LogP contribution in [0.15, 0.2) is 64.6 Å². The van der Waals surface area contributed by atoms with Gasteiger partial charge >= 0.3 is 0 Å². The molecule has 0 aliphatic heterocycles. The summed E-state index contributed by atoms with van der Waals surface area (Å²) in [4.78, 5) is 15.2. The van der Waals surface area contributed by atoms with E-state index in [1.54, 1.807) is 12.1 Å². The van der Waals surface area contributed by atoms with Gasteiger partial charge in [-0.3, -0.25) is 4.79 Å². The van der Waals surface area contributed by atoms with E-state index < -0.39 is 22.0 Å². The molecule has 0 bridgehead atoms. The third-order valence-electron chi connectivity index (χ3n) is 3.80. The van der Waals surface area contributed by atoms with Crippen LogP contribution in [-0.2, 0) is 21.2 Å². The quantitative estimate of drug-likeness (QED) is 0.297. The van der Waals surface area contributed by atoms with Crippen molar-refractivity contribution in [3.8, 4) is 0 Å². The summed E-state index contributed by atoms with van der Waals surface area (Å²) in [6, 6.07) is 14.5. The van der Waals surface area contributed by atoms with Crippen LogP contribution in [0.4, 0.5) is 0 Å². The highest BCUT2D eigenvalue weighted by molar-refractivity contribution is 7.89. The van der Waals surface area contributed by atoms with Crippen molar-refractivity contribution in [3.63, 3.8) is 0 Å². The van der Waals surface area contributed by atoms with Crippen molar-refractivity contribution in [2.45, 2.75) is 24.3 Å². The average molecular weight is 387 g/mol. The maximum atomic E-state index is 12.7. The first-order chi connectivity index (χ1) is 12.9. The van der Waals surface area contributed by atoms with Gasteiger partial charge in [-0.05, 0) is 36.6 Å². The van der Waals surface area contributed by atoms with Crippen LogP contribution in [0.2, 0.25) is 0 Å². The maximum Gasteiger partial charge on any atom is 0.241 e. The number of nitrogens with one attached hydrogen (secondary N) is 2. The molecule has 2 aromatic rings. The first kappa shape index (κ1) is 20.4. The van der Waals surface area contributed by atoms with Crippen LogP contribution in [0, 0.1) is 6.92 Å². The number of hydrogen-bond donors (Lipinski definition) is 2. The number of hydrogen-bond acceptors (Lipinski definition) is 4. The van der Waals surface area contributed by atoms with E-state index in [4.69, 9.17) is 5.53 Å². The summed E-state index contributed by atoms with van der Waals surface area (Å²) in [7, 11) is -3.87. The van der Waals surface area contributed by atoms with Crippen molar-refractivity contribution in [2.24, 2.45) is 5.11 Å². The van der Waals surface area contributed by atoms with Crippen LogP contribution in [0.25, 0.3) is 10.4 Å². The van der Waals surface area contributed by atoms with Crippen LogP contribution < -0.4 is 10.0 Å². The second-order valence-electron chi connectivity index (χ2n) is 5.92. The predicted molar refractivity (Wildman–Crippen MR) is 102 cm³/mol. The van der Waals surface area contributed by atoms with E-state index in [9.17, 15) is 13.2 Å². The Morgan fingerprint density at radius 1 is 1.15 bits per heavy atom. The number of carbonyl (C=O) groups is 1. The molecule has 0 radical (unpaired) electrons. The number of aryl methyl sites for hydroxylation is 1. The molecule has 8 nitrogen and oxygen atoms in total. The molecule has 9 heteroatoms. The van der Waals surface area contributed by atoms with E-state index in [0.717, 1.165) is 11.1 Å². The minimum absolute atomic E-state index is 0.0883. The van der Waals surface area contributed by atoms with Crippen LogP contribution in [0.3, 0.4) is 0 Å². The minimum Gasteiger partial charge on any atom is -0.355 e. The van der Waals surface area contributed by atoms with Gasteiger partial charge in [0.05, 0.1) is 4.90 Å². The third kappa shape index (κ3) is 6.41. The maximum absolute atomic E-state index is 12.7. The zero-order chi connectivity index (χ0) is 19.7. The summed E-state index contributed by atoms with van der Waals surface area (Å²) >= 11 is 0. The fraction of sp³-hybridized carbons (Fsp3) is 0.278. The van der Waals surface area contributed by atoms with E-state index >= 15 is 0 Å². The van der Waals surface area contributed by atoms with Crippen molar-refractivity contribution in [1.82, 2.24) is 10.0 Å². The average Bonchev–Trinajstić information content (AvgIpc) is 2.65. The number of azide groups is 1. The lowest BCUT2D eigenvalue weighted by Gasteiger charge is -2.18. The normalized spacial score (nSPS) is 12.0. The van der Waals surface area contributed by atoms with Crippen molar-refractivity contribution < 1.29 is 13.2 Å². The molecule has 2 aromatic carbocycles. The highest BCUT2D eigenvalue weighted by Crippen LogP contribution is 2.12. The molecular weight excluding hydrogens is 366 g/mol. The standard InChI is InChI=1S/C18H21N5O3S/c1-14-7-9-16(10-8-14)27(25,26)22-17(13-15-5-3-2-4-6-15)18(24)20-11-12-21-23-19/h2-10,17,22H,11-13H2,1H3,(H,20,24)/t17-/m0/s1. The molecule has 0 spiro atoms. The summed E-state index contributed by atoms with van der Waals surface area (Å²) in [5.74, 6) is -0.484. The summed E-state index contributed by atoms with van der Waals surface area (Å²) in [5.41, 5.74) is 10.0. The molecule has 1 atom stereocenters. The SMILES string of the molecule is Cc1ccc(S(=O)(=O)N[C@@H](Cc2ccccc2)C(=O)NCCN=[N+]=[N-])cc1. The van der Waals surface area contributed by atoms with Crippen LogP contribution in [0.1, 0.15) is 11.1 Å². The van der Waals surface area contributed by atoms with E-state index in [1.807, 2.05) is 37.3 Å². The molecule has 0 aliphatic rings. The fourth-order valence-electron chi connectivity index (χ4n) is 2.41. The summed E-state index contributed by atoms with van der Waals surface area (Å²) < 4.78 is 27.8. The molecule has 0 saturated carbocycles. The Hall–Kier alpha value is -2.87. The second-order valence-corrected chi connectivity index (χ2v) is 7.64. The fourth-order valence-corrected chi connectivity index (χ4v) is 3.60. The van der Waals surface area contributed by atoms with Gasteiger partial charge in [0.1, 0.15) is 6.04 Å². The lowest BCUT2D eigenvalue weighted by Crippen LogP contribution is -2.48. The van der Waals surface area contributed by atoms with E-state index in [1.165, 1.54) is 12.1 Å². The lowest BCUT2D eigenvalue weighted by molar-refractivity contribution is -0.122. The predicted octanol–water partition coefficient (Wildman–Crippen LogP) is 2.31. The third-order valence-corrected chi connectivity index (χ3v) is 5.29. The Kier molecular flexibility index (Phi) is 7.36. The Labute approximate surface area is 158 Å². The van der Waals surface area contributed by atoms with Gasteiger partial charge in [-0.15, -0.1) is 0 Å². The molecule has 0 heterocycles. The molecule has 0 aliphatic carbocycles. The van der Waals surface area contributed by atoms with Crippen molar-refractivity contribution in [1.29, 1.82) is 0 Å². The van der Waals surface area contributed by atoms with Crippen molar-refractivity contribution >= 4 is 15.9 Å². The molecule has 0 saturated heterocycles. The van der Waals surface area contributed by atoms with Gasteiger partial charge in [-0.1, -0.05) is 53.1 Å². The molecule has 2 rings (SSSR count). The molecule has 0 unspecified atom stereocenters. The van der Waals surface area contributed by atoms with Gasteiger partial charge in [-0.25, -0.2) is 8.42 Å². The molecule has 142 valence electrons. The zero-order valence-corrected chi connectivity index (χ0v) is 15.7. The van der Waals surface area contributed by atoms with Gasteiger partial charge < -0.3 is 5.32 Å². The number of nitrogens with zero attached hydrogens (tertiary/aromatic N) is 3. The molecule has 0 aromatic heterocycles. The highest BCUT2D eigenvalue weighted by Gasteiger charge is 2.25. The van der Waals surface area contributed by atoms with Crippen molar-refractivity contribution in [3.05, 3.63) is 76.2 Å². The van der Waals surface area contributed by atoms with Gasteiger partial charge in [0.15, 0.2) is 0 Å². The number of rotatable bonds is 9. The molecular formula is C18H21N5O3S. The zero-order valence-electron chi connectivity index (χ0n) is 14.9. The van der Waals surface area contributed by atoms with Gasteiger partial charge in [0.2, 0.25) is 15.9 Å². The van der Waals surface area contributed by atoms with Crippen LogP contribution in [0.5, 0.6) is 0 Å². The monoisotopic (exact) mass is 387 g/mol. The molecule has 27 heavy (non-hydrogen) atoms. The largest absolute Gasteiger partial charge is 0.355 e. The van der Waals surface area contributed by atoms with E-state index in [0.29, 0.717) is 0 Å². The van der Waals surface area contributed by atoms with Gasteiger partial charge in [-0.2, -0.15) is 4.72 Å². The van der Waals surface area contributed by atoms with Gasteiger partial charge in [0, 0.05) is 18.0 Å². The Balaban J connectivity index is 2.18. The first-order valence-electron chi connectivity index (χ1n) is 8.34. The van der Waals surface area contributed by atoms with E-state index in [-0.39, 0.29) is 24.4 Å². The topological polar surface area (TPSA) is 124 Å². The smallest absolute Gasteiger partial charge is 0.241 e. The number of carbonyl (C=O) groups excluding carboxylic acids is 1. The summed E-state index contributed by atoms with van der Waals surface area (Å²) in [6.45, 7) is 2.07. The Morgan fingerprint density at radius 3 is 2.44 bits per heavy atom. The first-order valence-corrected chi connectivity index (χ1v) is 9.82. The number of sulfonamides is 1. The van der Waals surface area contributed by atoms with Crippen molar-refractivity contribution in [2.75, 3.05) is 13.1 Å². The Morgan fingerprint density at radius 2 is 1.81 bits per heavy atom. The summed E-state index contributed by atoms with van der Waals surface area (Å²) in [6.07, 6.45) is 0.194. The highest BCUT2D eigenvalue weighted by atomic mass is 32.2. The Bertz CT molecular complexity index is 908. The molecule has 1 amide bonds. The second kappa shape index (κ2) is 9.72. The molecule has 2 N–H and O–H groups in total. The van der Waals surface area contributed by atoms with E-state index in [2.05, 4.69) is 20.1 Å². The number of amides is 1. The lowest BCUT2D eigenvalue weighted by atomic mass is 10.1. The summed E-state index contributed by atoms with van der Waals surface area (Å²) in [5, 5.41) is 5.93. The van der Waals surface area contributed by atoms with Crippen LogP contribution in [-0.4, -0.2) is 33.5 Å². The van der Waals surface area contributed by atoms with Crippen LogP contribution >= 0.6 is 0 Å². The molecule has 0 fully saturated rings. The number of benzene rings is 2. The minimum atomic E-state index is -3.87.